The Morgan fingerprint density at radius 2 is 2.38 bits per heavy atom. The van der Waals surface area contributed by atoms with Gasteiger partial charge in [0.1, 0.15) is 0 Å². The van der Waals surface area contributed by atoms with Crippen LogP contribution in [0.1, 0.15) is 18.1 Å². The highest BCUT2D eigenvalue weighted by molar-refractivity contribution is 6.04. The molecule has 0 aliphatic carbocycles. The standard InChI is InChI=1S/C13H14N2O/c1-2-4-13(16)15-12-6-3-5-10-7-8-14-9-11(10)12/h3,5-6,14H,7-9H2,1H3,(H,15,16). The van der Waals surface area contributed by atoms with Crippen molar-refractivity contribution in [2.75, 3.05) is 11.9 Å². The van der Waals surface area contributed by atoms with Crippen molar-refractivity contribution in [1.82, 2.24) is 5.32 Å². The summed E-state index contributed by atoms with van der Waals surface area (Å²) in [6.45, 7) is 3.46. The first-order valence-electron chi connectivity index (χ1n) is 5.36. The van der Waals surface area contributed by atoms with Crippen molar-refractivity contribution in [3.63, 3.8) is 0 Å². The molecule has 0 spiro atoms. The lowest BCUT2D eigenvalue weighted by atomic mass is 9.99. The Morgan fingerprint density at radius 3 is 3.19 bits per heavy atom. The van der Waals surface area contributed by atoms with Crippen LogP contribution in [0.25, 0.3) is 0 Å². The van der Waals surface area contributed by atoms with Crippen molar-refractivity contribution in [2.24, 2.45) is 0 Å². The Balaban J connectivity index is 2.26. The summed E-state index contributed by atoms with van der Waals surface area (Å²) in [5.41, 5.74) is 3.36. The summed E-state index contributed by atoms with van der Waals surface area (Å²) in [7, 11) is 0. The highest BCUT2D eigenvalue weighted by Crippen LogP contribution is 2.22. The lowest BCUT2D eigenvalue weighted by molar-refractivity contribution is -0.111. The Labute approximate surface area is 95.2 Å². The highest BCUT2D eigenvalue weighted by Gasteiger charge is 2.12. The van der Waals surface area contributed by atoms with Crippen molar-refractivity contribution >= 4 is 11.6 Å². The van der Waals surface area contributed by atoms with Crippen LogP contribution in [0.2, 0.25) is 0 Å². The minimum Gasteiger partial charge on any atom is -0.315 e. The molecule has 0 unspecified atom stereocenters. The topological polar surface area (TPSA) is 41.1 Å². The summed E-state index contributed by atoms with van der Waals surface area (Å²) in [6.07, 6.45) is 1.01. The SMILES string of the molecule is CC#CC(=O)Nc1cccc2c1CNCC2. The molecule has 3 nitrogen and oxygen atoms in total. The van der Waals surface area contributed by atoms with Gasteiger partial charge < -0.3 is 10.6 Å². The fourth-order valence-electron chi connectivity index (χ4n) is 1.90. The summed E-state index contributed by atoms with van der Waals surface area (Å²) in [4.78, 5) is 11.4. The molecule has 2 N–H and O–H groups in total. The van der Waals surface area contributed by atoms with Crippen molar-refractivity contribution in [3.8, 4) is 11.8 Å². The zero-order valence-corrected chi connectivity index (χ0v) is 9.26. The fraction of sp³-hybridized carbons (Fsp3) is 0.308. The number of nitrogens with one attached hydrogen (secondary N) is 2. The monoisotopic (exact) mass is 214 g/mol. The van der Waals surface area contributed by atoms with Crippen LogP contribution in [0.5, 0.6) is 0 Å². The van der Waals surface area contributed by atoms with Crippen LogP contribution in [0, 0.1) is 11.8 Å². The van der Waals surface area contributed by atoms with Gasteiger partial charge in [-0.1, -0.05) is 18.1 Å². The highest BCUT2D eigenvalue weighted by atomic mass is 16.1. The first-order chi connectivity index (χ1) is 7.81. The van der Waals surface area contributed by atoms with E-state index in [4.69, 9.17) is 0 Å². The maximum absolute atomic E-state index is 11.4. The lowest BCUT2D eigenvalue weighted by Crippen LogP contribution is -2.25. The number of carbonyl (C=O) groups is 1. The summed E-state index contributed by atoms with van der Waals surface area (Å²) in [6, 6.07) is 6.00. The van der Waals surface area contributed by atoms with Crippen LogP contribution in [0.4, 0.5) is 5.69 Å². The Kier molecular flexibility index (Phi) is 3.23. The lowest BCUT2D eigenvalue weighted by Gasteiger charge is -2.20. The van der Waals surface area contributed by atoms with E-state index in [1.807, 2.05) is 12.1 Å². The molecule has 2 rings (SSSR count). The van der Waals surface area contributed by atoms with Gasteiger partial charge in [0.25, 0.3) is 5.91 Å². The second kappa shape index (κ2) is 4.82. The van der Waals surface area contributed by atoms with E-state index in [2.05, 4.69) is 28.5 Å². The van der Waals surface area contributed by atoms with Gasteiger partial charge in [-0.05, 0) is 43.0 Å². The maximum atomic E-state index is 11.4. The molecule has 1 aromatic carbocycles. The first kappa shape index (κ1) is 10.7. The molecule has 1 amide bonds. The van der Waals surface area contributed by atoms with E-state index < -0.39 is 0 Å². The van der Waals surface area contributed by atoms with E-state index in [1.54, 1.807) is 6.92 Å². The molecule has 1 aliphatic heterocycles. The Bertz CT molecular complexity index is 469. The molecule has 1 heterocycles. The molecule has 0 radical (unpaired) electrons. The number of amides is 1. The summed E-state index contributed by atoms with van der Waals surface area (Å²) >= 11 is 0. The number of rotatable bonds is 1. The van der Waals surface area contributed by atoms with Crippen LogP contribution in [0.15, 0.2) is 18.2 Å². The van der Waals surface area contributed by atoms with E-state index in [0.29, 0.717) is 0 Å². The average molecular weight is 214 g/mol. The minimum absolute atomic E-state index is 0.249. The van der Waals surface area contributed by atoms with Gasteiger partial charge >= 0.3 is 0 Å². The molecule has 1 aromatic rings. The number of hydrogen-bond acceptors (Lipinski definition) is 2. The zero-order chi connectivity index (χ0) is 11.4. The van der Waals surface area contributed by atoms with Gasteiger partial charge in [0, 0.05) is 12.2 Å². The van der Waals surface area contributed by atoms with Crippen LogP contribution in [-0.4, -0.2) is 12.5 Å². The molecular weight excluding hydrogens is 200 g/mol. The number of anilines is 1. The quantitative estimate of drug-likeness (QED) is 0.692. The van der Waals surface area contributed by atoms with Crippen molar-refractivity contribution in [2.45, 2.75) is 19.9 Å². The van der Waals surface area contributed by atoms with Crippen LogP contribution >= 0.6 is 0 Å². The van der Waals surface area contributed by atoms with E-state index in [-0.39, 0.29) is 5.91 Å². The van der Waals surface area contributed by atoms with Gasteiger partial charge in [-0.2, -0.15) is 0 Å². The van der Waals surface area contributed by atoms with Crippen LogP contribution in [-0.2, 0) is 17.8 Å². The fourth-order valence-corrected chi connectivity index (χ4v) is 1.90. The maximum Gasteiger partial charge on any atom is 0.300 e. The number of fused-ring (bicyclic) bond motifs is 1. The van der Waals surface area contributed by atoms with E-state index in [9.17, 15) is 4.79 Å². The molecule has 0 bridgehead atoms. The summed E-state index contributed by atoms with van der Waals surface area (Å²) in [5.74, 6) is 4.82. The number of carbonyl (C=O) groups excluding carboxylic acids is 1. The number of benzene rings is 1. The van der Waals surface area contributed by atoms with Gasteiger partial charge in [0.05, 0.1) is 0 Å². The summed E-state index contributed by atoms with van der Waals surface area (Å²) in [5, 5.41) is 6.12. The molecule has 0 atom stereocenters. The van der Waals surface area contributed by atoms with Gasteiger partial charge in [-0.3, -0.25) is 4.79 Å². The summed E-state index contributed by atoms with van der Waals surface area (Å²) < 4.78 is 0. The minimum atomic E-state index is -0.249. The first-order valence-corrected chi connectivity index (χ1v) is 5.36. The van der Waals surface area contributed by atoms with Gasteiger partial charge in [0.2, 0.25) is 0 Å². The molecule has 1 aliphatic rings. The molecule has 0 saturated heterocycles. The Hall–Kier alpha value is -1.79. The molecule has 82 valence electrons. The molecule has 0 aromatic heterocycles. The average Bonchev–Trinajstić information content (AvgIpc) is 2.30. The third-order valence-corrected chi connectivity index (χ3v) is 2.63. The van der Waals surface area contributed by atoms with Crippen molar-refractivity contribution in [3.05, 3.63) is 29.3 Å². The van der Waals surface area contributed by atoms with Crippen LogP contribution < -0.4 is 10.6 Å². The van der Waals surface area contributed by atoms with Crippen molar-refractivity contribution in [1.29, 1.82) is 0 Å². The zero-order valence-electron chi connectivity index (χ0n) is 9.26. The molecule has 0 fully saturated rings. The second-order valence-corrected chi connectivity index (χ2v) is 3.70. The van der Waals surface area contributed by atoms with Crippen molar-refractivity contribution < 1.29 is 4.79 Å². The van der Waals surface area contributed by atoms with E-state index in [1.165, 1.54) is 11.1 Å². The number of hydrogen-bond donors (Lipinski definition) is 2. The Morgan fingerprint density at radius 1 is 1.50 bits per heavy atom. The van der Waals surface area contributed by atoms with E-state index >= 15 is 0 Å². The third kappa shape index (κ3) is 2.23. The molecular formula is C13H14N2O. The molecule has 0 saturated carbocycles. The normalized spacial score (nSPS) is 13.3. The van der Waals surface area contributed by atoms with E-state index in [0.717, 1.165) is 25.2 Å². The van der Waals surface area contributed by atoms with Gasteiger partial charge in [-0.25, -0.2) is 0 Å². The largest absolute Gasteiger partial charge is 0.315 e. The second-order valence-electron chi connectivity index (χ2n) is 3.70. The van der Waals surface area contributed by atoms with Gasteiger partial charge in [0.15, 0.2) is 0 Å². The predicted molar refractivity (Wildman–Crippen MR) is 63.9 cm³/mol. The van der Waals surface area contributed by atoms with Crippen LogP contribution in [0.3, 0.4) is 0 Å². The third-order valence-electron chi connectivity index (χ3n) is 2.63. The van der Waals surface area contributed by atoms with Gasteiger partial charge in [-0.15, -0.1) is 0 Å². The molecule has 3 heteroatoms. The predicted octanol–water partition coefficient (Wildman–Crippen LogP) is 1.29. The molecule has 16 heavy (non-hydrogen) atoms. The smallest absolute Gasteiger partial charge is 0.300 e.